The van der Waals surface area contributed by atoms with Crippen LogP contribution < -0.4 is 19.5 Å². The van der Waals surface area contributed by atoms with E-state index < -0.39 is 18.1 Å². The molecule has 0 saturated carbocycles. The number of carboxylic acid groups (broad SMARTS) is 1. The van der Waals surface area contributed by atoms with Gasteiger partial charge in [0, 0.05) is 61.3 Å². The largest absolute Gasteiger partial charge is 0.492 e. The minimum atomic E-state index is -1.61. The van der Waals surface area contributed by atoms with Crippen LogP contribution >= 0.6 is 11.6 Å². The molecule has 12 nitrogen and oxygen atoms in total. The molecule has 4 aromatic rings. The number of halogens is 1. The van der Waals surface area contributed by atoms with E-state index in [2.05, 4.69) is 27.3 Å². The number of hydrogen-bond acceptors (Lipinski definition) is 11. The monoisotopic (exact) mass is 739 g/mol. The zero-order chi connectivity index (χ0) is 38.0. The van der Waals surface area contributed by atoms with Crippen LogP contribution in [0, 0.1) is 29.6 Å². The van der Waals surface area contributed by atoms with Gasteiger partial charge < -0.3 is 34.4 Å². The molecule has 2 heterocycles. The fourth-order valence-electron chi connectivity index (χ4n) is 6.00. The topological polar surface area (TPSA) is 181 Å². The second-order valence-electron chi connectivity index (χ2n) is 13.1. The summed E-state index contributed by atoms with van der Waals surface area (Å²) in [5.41, 5.74) is 3.73. The molecule has 5 rings (SSSR count). The van der Waals surface area contributed by atoms with Crippen LogP contribution in [0.5, 0.6) is 17.2 Å². The molecule has 0 bridgehead atoms. The molecule has 13 heteroatoms. The lowest BCUT2D eigenvalue weighted by atomic mass is 9.93. The predicted molar refractivity (Wildman–Crippen MR) is 198 cm³/mol. The molecule has 2 atom stereocenters. The Morgan fingerprint density at radius 2 is 1.79 bits per heavy atom. The van der Waals surface area contributed by atoms with Crippen molar-refractivity contribution in [2.24, 2.45) is 0 Å². The number of hydrogen-bond donors (Lipinski definition) is 4. The number of β-amino-alcohol motifs (C(OH)–C–C–N with tert-alkyl or cyclic N) is 1. The smallest absolute Gasteiger partial charge is 0.326 e. The third-order valence-electron chi connectivity index (χ3n) is 9.27. The van der Waals surface area contributed by atoms with Gasteiger partial charge in [-0.15, -0.1) is 0 Å². The lowest BCUT2D eigenvalue weighted by Gasteiger charge is -2.25. The number of benzene rings is 3. The Balaban J connectivity index is 1.34. The fourth-order valence-corrected chi connectivity index (χ4v) is 6.24. The summed E-state index contributed by atoms with van der Waals surface area (Å²) in [6.45, 7) is 5.70. The second kappa shape index (κ2) is 18.0. The third kappa shape index (κ3) is 9.82. The normalized spacial score (nSPS) is 15.3. The van der Waals surface area contributed by atoms with Gasteiger partial charge in [-0.2, -0.15) is 10.5 Å². The Bertz CT molecular complexity index is 2010. The molecule has 1 aliphatic heterocycles. The number of aromatic nitrogens is 1. The standard InChI is InChI=1S/C40H42ClN5O7/c1-26-29(6-3-7-32(26)33-8-4-9-36(34(33)18-43)51-13-5-11-46-12-10-31(48)22-46)24-53-38-16-37(52-23-28-14-27(17-42)19-44-20-28)30(15-35(38)41)21-45-40(2,25-47)39(49)50/h3-4,6-9,14-16,19-20,31,45,47-48H,5,10-13,21-25H2,1-2H3,(H,49,50)/t31-,40+/m0/s1. The van der Waals surface area contributed by atoms with E-state index in [0.717, 1.165) is 48.2 Å². The van der Waals surface area contributed by atoms with Crippen molar-refractivity contribution < 1.29 is 34.3 Å². The zero-order valence-corrected chi connectivity index (χ0v) is 30.4. The molecule has 0 amide bonds. The fraction of sp³-hybridized carbons (Fsp3) is 0.350. The quantitative estimate of drug-likeness (QED) is 0.102. The Kier molecular flexibility index (Phi) is 13.3. The molecular formula is C40H42ClN5O7. The maximum atomic E-state index is 11.8. The number of aliphatic hydroxyl groups excluding tert-OH is 2. The number of nitrogens with zero attached hydrogens (tertiary/aromatic N) is 4. The van der Waals surface area contributed by atoms with E-state index in [1.54, 1.807) is 30.5 Å². The van der Waals surface area contributed by atoms with Crippen LogP contribution in [0.25, 0.3) is 11.1 Å². The molecule has 0 radical (unpaired) electrons. The van der Waals surface area contributed by atoms with Crippen molar-refractivity contribution in [2.45, 2.75) is 58.1 Å². The summed E-state index contributed by atoms with van der Waals surface area (Å²) in [7, 11) is 0. The molecule has 1 fully saturated rings. The summed E-state index contributed by atoms with van der Waals surface area (Å²) in [4.78, 5) is 18.1. The SMILES string of the molecule is Cc1c(COc2cc(OCc3cncc(C#N)c3)c(CN[C@](C)(CO)C(=O)O)cc2Cl)cccc1-c1cccc(OCCCN2CC[C@H](O)C2)c1C#N. The highest BCUT2D eigenvalue weighted by molar-refractivity contribution is 6.32. The van der Waals surface area contributed by atoms with Crippen LogP contribution in [0.1, 0.15) is 53.1 Å². The molecule has 276 valence electrons. The highest BCUT2D eigenvalue weighted by atomic mass is 35.5. The first-order valence-electron chi connectivity index (χ1n) is 17.2. The maximum absolute atomic E-state index is 11.8. The summed E-state index contributed by atoms with van der Waals surface area (Å²) in [6.07, 6.45) is 4.33. The molecule has 4 N–H and O–H groups in total. The molecule has 53 heavy (non-hydrogen) atoms. The number of ether oxygens (including phenoxy) is 3. The summed E-state index contributed by atoms with van der Waals surface area (Å²) >= 11 is 6.71. The number of likely N-dealkylation sites (tertiary alicyclic amines) is 1. The van der Waals surface area contributed by atoms with E-state index in [1.807, 2.05) is 37.3 Å². The number of nitrogens with one attached hydrogen (secondary N) is 1. The molecule has 1 aliphatic rings. The lowest BCUT2D eigenvalue weighted by Crippen LogP contribution is -2.52. The number of carboxylic acids is 1. The van der Waals surface area contributed by atoms with Gasteiger partial charge in [-0.25, -0.2) is 0 Å². The first kappa shape index (κ1) is 39.0. The summed E-state index contributed by atoms with van der Waals surface area (Å²) in [5.74, 6) is -0.0382. The molecular weight excluding hydrogens is 698 g/mol. The number of pyridine rings is 1. The van der Waals surface area contributed by atoms with Crippen molar-refractivity contribution in [3.8, 4) is 40.5 Å². The maximum Gasteiger partial charge on any atom is 0.326 e. The molecule has 1 aromatic heterocycles. The van der Waals surface area contributed by atoms with Crippen molar-refractivity contribution in [1.82, 2.24) is 15.2 Å². The highest BCUT2D eigenvalue weighted by Crippen LogP contribution is 2.36. The van der Waals surface area contributed by atoms with E-state index in [4.69, 9.17) is 25.8 Å². The first-order chi connectivity index (χ1) is 25.5. The average Bonchev–Trinajstić information content (AvgIpc) is 3.59. The second-order valence-corrected chi connectivity index (χ2v) is 13.5. The van der Waals surface area contributed by atoms with Gasteiger partial charge >= 0.3 is 5.97 Å². The lowest BCUT2D eigenvalue weighted by molar-refractivity contribution is -0.145. The number of nitriles is 2. The molecule has 3 aromatic carbocycles. The van der Waals surface area contributed by atoms with Gasteiger partial charge in [0.15, 0.2) is 0 Å². The van der Waals surface area contributed by atoms with Gasteiger partial charge in [-0.3, -0.25) is 15.1 Å². The van der Waals surface area contributed by atoms with Crippen molar-refractivity contribution in [3.05, 3.63) is 105 Å². The van der Waals surface area contributed by atoms with E-state index in [1.165, 1.54) is 13.1 Å². The van der Waals surface area contributed by atoms with Crippen molar-refractivity contribution in [2.75, 3.05) is 32.8 Å². The van der Waals surface area contributed by atoms with Crippen molar-refractivity contribution in [3.63, 3.8) is 0 Å². The molecule has 1 saturated heterocycles. The number of carbonyl (C=O) groups is 1. The molecule has 0 spiro atoms. The van der Waals surface area contributed by atoms with Crippen LogP contribution in [0.15, 0.2) is 67.0 Å². The van der Waals surface area contributed by atoms with Gasteiger partial charge in [0.2, 0.25) is 0 Å². The summed E-state index contributed by atoms with van der Waals surface area (Å²) in [5, 5.41) is 51.8. The van der Waals surface area contributed by atoms with Crippen molar-refractivity contribution in [1.29, 1.82) is 10.5 Å². The summed E-state index contributed by atoms with van der Waals surface area (Å²) in [6, 6.07) is 20.6. The predicted octanol–water partition coefficient (Wildman–Crippen LogP) is 5.37. The van der Waals surface area contributed by atoms with Gasteiger partial charge in [0.05, 0.1) is 29.9 Å². The first-order valence-corrected chi connectivity index (χ1v) is 17.6. The zero-order valence-electron chi connectivity index (χ0n) is 29.6. The Morgan fingerprint density at radius 3 is 2.51 bits per heavy atom. The molecule has 0 unspecified atom stereocenters. The van der Waals surface area contributed by atoms with Crippen LogP contribution in [0.3, 0.4) is 0 Å². The van der Waals surface area contributed by atoms with Gasteiger partial charge in [-0.05, 0) is 61.6 Å². The van der Waals surface area contributed by atoms with Crippen LogP contribution in [-0.2, 0) is 24.6 Å². The van der Waals surface area contributed by atoms with E-state index >= 15 is 0 Å². The minimum absolute atomic E-state index is 0.00289. The van der Waals surface area contributed by atoms with E-state index in [-0.39, 0.29) is 30.9 Å². The Labute approximate surface area is 313 Å². The van der Waals surface area contributed by atoms with Gasteiger partial charge in [-0.1, -0.05) is 41.9 Å². The number of aliphatic carboxylic acids is 1. The van der Waals surface area contributed by atoms with Crippen LogP contribution in [0.4, 0.5) is 0 Å². The van der Waals surface area contributed by atoms with Gasteiger partial charge in [0.25, 0.3) is 0 Å². The number of aliphatic hydroxyl groups is 2. The van der Waals surface area contributed by atoms with Gasteiger partial charge in [0.1, 0.15) is 53.7 Å². The summed E-state index contributed by atoms with van der Waals surface area (Å²) < 4.78 is 18.5. The van der Waals surface area contributed by atoms with E-state index in [9.17, 15) is 30.6 Å². The molecule has 0 aliphatic carbocycles. The highest BCUT2D eigenvalue weighted by Gasteiger charge is 2.32. The third-order valence-corrected chi connectivity index (χ3v) is 9.57. The van der Waals surface area contributed by atoms with E-state index in [0.29, 0.717) is 52.7 Å². The minimum Gasteiger partial charge on any atom is -0.492 e. The number of rotatable bonds is 17. The Morgan fingerprint density at radius 1 is 1.02 bits per heavy atom. The van der Waals surface area contributed by atoms with Crippen molar-refractivity contribution >= 4 is 17.6 Å². The van der Waals surface area contributed by atoms with Crippen LogP contribution in [0.2, 0.25) is 5.02 Å². The van der Waals surface area contributed by atoms with Crippen LogP contribution in [-0.4, -0.2) is 75.7 Å². The Hall–Kier alpha value is -5.21. The average molecular weight is 740 g/mol.